The number of halogens is 2. The number of carbonyl (C=O) groups excluding carboxylic acids is 1. The first-order chi connectivity index (χ1) is 19.3. The number of hydrogen-bond acceptors (Lipinski definition) is 9. The quantitative estimate of drug-likeness (QED) is 0.313. The Morgan fingerprint density at radius 3 is 2.61 bits per heavy atom. The fourth-order valence-electron chi connectivity index (χ4n) is 4.40. The van der Waals surface area contributed by atoms with E-state index in [4.69, 9.17) is 4.52 Å². The van der Waals surface area contributed by atoms with Crippen molar-refractivity contribution in [1.29, 1.82) is 0 Å². The van der Waals surface area contributed by atoms with E-state index in [0.717, 1.165) is 11.5 Å². The van der Waals surface area contributed by atoms with E-state index in [1.54, 1.807) is 32.0 Å². The molecule has 0 aliphatic heterocycles. The number of alkyl halides is 2. The number of rotatable bonds is 7. The van der Waals surface area contributed by atoms with Crippen LogP contribution in [0.4, 0.5) is 14.6 Å². The van der Waals surface area contributed by atoms with Gasteiger partial charge in [-0.25, -0.2) is 28.1 Å². The van der Waals surface area contributed by atoms with Crippen LogP contribution in [0.3, 0.4) is 0 Å². The Kier molecular flexibility index (Phi) is 6.80. The van der Waals surface area contributed by atoms with Crippen molar-refractivity contribution in [2.75, 3.05) is 5.32 Å². The van der Waals surface area contributed by atoms with E-state index < -0.39 is 29.1 Å². The van der Waals surface area contributed by atoms with Gasteiger partial charge in [0.15, 0.2) is 17.0 Å². The lowest BCUT2D eigenvalue weighted by Gasteiger charge is -2.16. The molecule has 0 spiro atoms. The summed E-state index contributed by atoms with van der Waals surface area (Å²) in [5.41, 5.74) is -0.551. The van der Waals surface area contributed by atoms with Gasteiger partial charge in [-0.3, -0.25) is 19.1 Å². The number of carbonyl (C=O) groups is 1. The van der Waals surface area contributed by atoms with Gasteiger partial charge >= 0.3 is 5.69 Å². The zero-order valence-corrected chi connectivity index (χ0v) is 22.7. The Morgan fingerprint density at radius 2 is 1.93 bits per heavy atom. The van der Waals surface area contributed by atoms with Crippen molar-refractivity contribution in [1.82, 2.24) is 38.8 Å². The van der Waals surface area contributed by atoms with Crippen molar-refractivity contribution >= 4 is 22.9 Å². The molecule has 1 atom stereocenters. The third-order valence-electron chi connectivity index (χ3n) is 6.57. The van der Waals surface area contributed by atoms with E-state index in [1.807, 2.05) is 0 Å². The van der Waals surface area contributed by atoms with Crippen molar-refractivity contribution in [3.05, 3.63) is 80.6 Å². The van der Waals surface area contributed by atoms with E-state index >= 15 is 0 Å². The molecule has 0 aromatic carbocycles. The monoisotopic (exact) mass is 565 g/mol. The maximum atomic E-state index is 14.0. The van der Waals surface area contributed by atoms with Crippen molar-refractivity contribution < 1.29 is 18.1 Å². The second kappa shape index (κ2) is 10.1. The zero-order valence-electron chi connectivity index (χ0n) is 22.7. The first kappa shape index (κ1) is 27.5. The maximum Gasteiger partial charge on any atom is 0.332 e. The van der Waals surface area contributed by atoms with Crippen LogP contribution in [0.1, 0.15) is 42.9 Å². The van der Waals surface area contributed by atoms with Crippen LogP contribution in [0.5, 0.6) is 0 Å². The van der Waals surface area contributed by atoms with Gasteiger partial charge in [-0.1, -0.05) is 11.2 Å². The first-order valence-electron chi connectivity index (χ1n) is 12.4. The SMILES string of the molecule is Cc1noc(Cn2c(=O)c3c(ncn3[C@@H](C)C(=O)Nc3cccc(-c4cnc(C)c(C(C)(F)F)c4)n3)n(C)c2=O)n1. The summed E-state index contributed by atoms with van der Waals surface area (Å²) in [4.78, 5) is 56.2. The fraction of sp³-hybridized carbons (Fsp3) is 0.308. The Hall–Kier alpha value is -5.08. The summed E-state index contributed by atoms with van der Waals surface area (Å²) in [6.45, 7) is 5.20. The van der Waals surface area contributed by atoms with Gasteiger partial charge in [0.2, 0.25) is 11.8 Å². The average molecular weight is 566 g/mol. The molecule has 1 N–H and O–H groups in total. The van der Waals surface area contributed by atoms with Gasteiger partial charge in [0.05, 0.1) is 12.0 Å². The highest BCUT2D eigenvalue weighted by molar-refractivity contribution is 5.93. The highest BCUT2D eigenvalue weighted by atomic mass is 19.3. The molecule has 0 aliphatic rings. The lowest BCUT2D eigenvalue weighted by Crippen LogP contribution is -2.40. The van der Waals surface area contributed by atoms with Crippen LogP contribution >= 0.6 is 0 Å². The van der Waals surface area contributed by atoms with Crippen LogP contribution in [0.25, 0.3) is 22.4 Å². The minimum absolute atomic E-state index is 0.0199. The molecule has 5 rings (SSSR count). The number of nitrogens with one attached hydrogen (secondary N) is 1. The maximum absolute atomic E-state index is 14.0. The number of hydrogen-bond donors (Lipinski definition) is 1. The molecule has 0 unspecified atom stereocenters. The summed E-state index contributed by atoms with van der Waals surface area (Å²) in [6, 6.07) is 5.13. The number of aryl methyl sites for hydroxylation is 3. The molecule has 5 heterocycles. The van der Waals surface area contributed by atoms with Gasteiger partial charge in [0, 0.05) is 37.0 Å². The fourth-order valence-corrected chi connectivity index (χ4v) is 4.40. The van der Waals surface area contributed by atoms with Gasteiger partial charge < -0.3 is 14.4 Å². The van der Waals surface area contributed by atoms with Crippen molar-refractivity contribution in [3.8, 4) is 11.3 Å². The van der Waals surface area contributed by atoms with E-state index in [9.17, 15) is 23.2 Å². The predicted octanol–water partition coefficient (Wildman–Crippen LogP) is 2.71. The minimum Gasteiger partial charge on any atom is -0.337 e. The van der Waals surface area contributed by atoms with Crippen LogP contribution in [0.15, 0.2) is 50.9 Å². The summed E-state index contributed by atoms with van der Waals surface area (Å²) < 4.78 is 36.6. The molecule has 41 heavy (non-hydrogen) atoms. The van der Waals surface area contributed by atoms with Crippen LogP contribution in [-0.2, 0) is 24.3 Å². The second-order valence-corrected chi connectivity index (χ2v) is 9.61. The zero-order chi connectivity index (χ0) is 29.6. The Labute approximate surface area is 230 Å². The van der Waals surface area contributed by atoms with E-state index in [0.29, 0.717) is 17.1 Å². The first-order valence-corrected chi connectivity index (χ1v) is 12.4. The smallest absolute Gasteiger partial charge is 0.332 e. The van der Waals surface area contributed by atoms with Crippen molar-refractivity contribution in [2.24, 2.45) is 7.05 Å². The number of imidazole rings is 1. The molecular formula is C26H25F2N9O4. The summed E-state index contributed by atoms with van der Waals surface area (Å²) in [6.07, 6.45) is 2.73. The summed E-state index contributed by atoms with van der Waals surface area (Å²) in [7, 11) is 1.46. The molecule has 15 heteroatoms. The van der Waals surface area contributed by atoms with E-state index in [2.05, 4.69) is 30.4 Å². The molecule has 1 amide bonds. The number of amides is 1. The second-order valence-electron chi connectivity index (χ2n) is 9.61. The predicted molar refractivity (Wildman–Crippen MR) is 142 cm³/mol. The molecule has 5 aromatic rings. The molecule has 0 saturated carbocycles. The van der Waals surface area contributed by atoms with E-state index in [-0.39, 0.29) is 40.7 Å². The van der Waals surface area contributed by atoms with Gasteiger partial charge in [-0.2, -0.15) is 4.98 Å². The normalized spacial score (nSPS) is 12.6. The minimum atomic E-state index is -3.09. The number of pyridine rings is 2. The van der Waals surface area contributed by atoms with Crippen LogP contribution < -0.4 is 16.6 Å². The van der Waals surface area contributed by atoms with Gasteiger partial charge in [-0.05, 0) is 39.0 Å². The summed E-state index contributed by atoms with van der Waals surface area (Å²) >= 11 is 0. The van der Waals surface area contributed by atoms with E-state index in [1.165, 1.54) is 41.7 Å². The van der Waals surface area contributed by atoms with Crippen molar-refractivity contribution in [3.63, 3.8) is 0 Å². The van der Waals surface area contributed by atoms with Gasteiger partial charge in [0.1, 0.15) is 18.4 Å². The van der Waals surface area contributed by atoms with Crippen LogP contribution in [-0.4, -0.2) is 44.7 Å². The van der Waals surface area contributed by atoms with Crippen LogP contribution in [0.2, 0.25) is 0 Å². The lowest BCUT2D eigenvalue weighted by atomic mass is 10.0. The average Bonchev–Trinajstić information content (AvgIpc) is 3.55. The molecule has 0 aliphatic carbocycles. The molecular weight excluding hydrogens is 540 g/mol. The molecule has 212 valence electrons. The topological polar surface area (TPSA) is 156 Å². The standard InChI is InChI=1S/C26H25F2N9O4/c1-13-17(26(4,27)28)9-16(10-29-13)18-7-6-8-19(32-18)33-23(38)14(2)37-12-30-22-21(37)24(39)36(25(40)35(22)5)11-20-31-15(3)34-41-20/h6-10,12,14H,11H2,1-5H3,(H,32,33,38)/t14-/m0/s1. The highest BCUT2D eigenvalue weighted by Crippen LogP contribution is 2.32. The molecule has 0 bridgehead atoms. The number of nitrogens with zero attached hydrogens (tertiary/aromatic N) is 8. The molecule has 5 aromatic heterocycles. The Morgan fingerprint density at radius 1 is 1.17 bits per heavy atom. The third kappa shape index (κ3) is 5.13. The Bertz CT molecular complexity index is 1920. The largest absolute Gasteiger partial charge is 0.337 e. The van der Waals surface area contributed by atoms with Gasteiger partial charge in [0.25, 0.3) is 11.5 Å². The molecule has 0 fully saturated rings. The summed E-state index contributed by atoms with van der Waals surface area (Å²) in [5, 5.41) is 6.36. The Balaban J connectivity index is 1.45. The molecule has 0 radical (unpaired) electrons. The number of anilines is 1. The van der Waals surface area contributed by atoms with Crippen molar-refractivity contribution in [2.45, 2.75) is 46.2 Å². The summed E-state index contributed by atoms with van der Waals surface area (Å²) in [5.74, 6) is -3.05. The highest BCUT2D eigenvalue weighted by Gasteiger charge is 2.28. The lowest BCUT2D eigenvalue weighted by molar-refractivity contribution is -0.118. The van der Waals surface area contributed by atoms with Crippen LogP contribution in [0, 0.1) is 13.8 Å². The molecule has 0 saturated heterocycles. The number of fused-ring (bicyclic) bond motifs is 1. The third-order valence-corrected chi connectivity index (χ3v) is 6.57. The van der Waals surface area contributed by atoms with Gasteiger partial charge in [-0.15, -0.1) is 0 Å². The molecule has 13 nitrogen and oxygen atoms in total. The number of aromatic nitrogens is 8.